The number of carbonyl (C=O) groups is 1. The molecule has 0 radical (unpaired) electrons. The van der Waals surface area contributed by atoms with Gasteiger partial charge in [-0.05, 0) is 31.2 Å². The van der Waals surface area contributed by atoms with Gasteiger partial charge in [0.25, 0.3) is 5.56 Å². The number of nitrogens with zero attached hydrogens (tertiary/aromatic N) is 2. The number of hydrogen-bond donors (Lipinski definition) is 0. The number of para-hydroxylation sites is 1. The number of aryl methyl sites for hydroxylation is 1. The van der Waals surface area contributed by atoms with Crippen molar-refractivity contribution in [2.45, 2.75) is 23.8 Å². The Morgan fingerprint density at radius 3 is 2.60 bits per heavy atom. The first-order chi connectivity index (χ1) is 12.1. The number of hydrogen-bond acceptors (Lipinski definition) is 5. The molecular formula is C19H16N2O3S. The molecule has 126 valence electrons. The van der Waals surface area contributed by atoms with E-state index < -0.39 is 0 Å². The fourth-order valence-corrected chi connectivity index (χ4v) is 3.90. The van der Waals surface area contributed by atoms with Crippen LogP contribution in [0.1, 0.15) is 12.0 Å². The van der Waals surface area contributed by atoms with Crippen LogP contribution >= 0.6 is 11.8 Å². The fraction of sp³-hybridized carbons (Fsp3) is 0.211. The molecule has 2 heterocycles. The minimum absolute atomic E-state index is 0.136. The molecule has 3 aromatic rings. The molecule has 2 aromatic carbocycles. The monoisotopic (exact) mass is 352 g/mol. The third-order valence-corrected chi connectivity index (χ3v) is 5.37. The zero-order valence-corrected chi connectivity index (χ0v) is 14.5. The third kappa shape index (κ3) is 2.93. The van der Waals surface area contributed by atoms with E-state index in [1.165, 1.54) is 11.8 Å². The first-order valence-corrected chi connectivity index (χ1v) is 8.93. The number of ether oxygens (including phenoxy) is 1. The van der Waals surface area contributed by atoms with Crippen LogP contribution < -0.4 is 5.56 Å². The minimum atomic E-state index is -0.329. The van der Waals surface area contributed by atoms with E-state index in [1.807, 2.05) is 49.4 Å². The number of carbonyl (C=O) groups excluding carboxylic acids is 1. The van der Waals surface area contributed by atoms with Crippen molar-refractivity contribution < 1.29 is 9.53 Å². The van der Waals surface area contributed by atoms with Crippen LogP contribution in [0.5, 0.6) is 0 Å². The van der Waals surface area contributed by atoms with E-state index in [0.29, 0.717) is 29.1 Å². The Morgan fingerprint density at radius 2 is 1.88 bits per heavy atom. The molecule has 1 aliphatic rings. The maximum absolute atomic E-state index is 13.1. The Balaban J connectivity index is 1.92. The first kappa shape index (κ1) is 15.9. The molecule has 0 saturated carbocycles. The van der Waals surface area contributed by atoms with Crippen molar-refractivity contribution in [3.63, 3.8) is 0 Å². The first-order valence-electron chi connectivity index (χ1n) is 8.05. The highest BCUT2D eigenvalue weighted by Crippen LogP contribution is 2.30. The average Bonchev–Trinajstić information content (AvgIpc) is 3.01. The average molecular weight is 352 g/mol. The topological polar surface area (TPSA) is 61.2 Å². The van der Waals surface area contributed by atoms with Crippen molar-refractivity contribution in [3.05, 3.63) is 64.4 Å². The lowest BCUT2D eigenvalue weighted by molar-refractivity contribution is -0.137. The summed E-state index contributed by atoms with van der Waals surface area (Å²) in [6.45, 7) is 2.41. The summed E-state index contributed by atoms with van der Waals surface area (Å²) >= 11 is 1.29. The molecule has 0 unspecified atom stereocenters. The van der Waals surface area contributed by atoms with Crippen molar-refractivity contribution in [1.82, 2.24) is 9.55 Å². The number of benzene rings is 2. The molecule has 0 bridgehead atoms. The van der Waals surface area contributed by atoms with E-state index in [0.717, 1.165) is 11.3 Å². The van der Waals surface area contributed by atoms with Crippen molar-refractivity contribution in [2.24, 2.45) is 0 Å². The third-order valence-electron chi connectivity index (χ3n) is 4.17. The number of rotatable bonds is 3. The summed E-state index contributed by atoms with van der Waals surface area (Å²) in [4.78, 5) is 29.6. The minimum Gasteiger partial charge on any atom is -0.465 e. The zero-order chi connectivity index (χ0) is 17.4. The molecule has 0 amide bonds. The van der Waals surface area contributed by atoms with E-state index in [9.17, 15) is 9.59 Å². The van der Waals surface area contributed by atoms with Crippen LogP contribution in [0.15, 0.2) is 58.5 Å². The second kappa shape index (κ2) is 6.37. The maximum Gasteiger partial charge on any atom is 0.319 e. The Bertz CT molecular complexity index is 1010. The summed E-state index contributed by atoms with van der Waals surface area (Å²) in [5, 5.41) is 0.739. The second-order valence-corrected chi connectivity index (χ2v) is 7.12. The molecule has 6 heteroatoms. The van der Waals surface area contributed by atoms with Crippen LogP contribution in [-0.4, -0.2) is 27.4 Å². The van der Waals surface area contributed by atoms with Crippen molar-refractivity contribution >= 4 is 28.6 Å². The fourth-order valence-electron chi connectivity index (χ4n) is 2.82. The predicted octanol–water partition coefficient (Wildman–Crippen LogP) is 3.10. The number of fused-ring (bicyclic) bond motifs is 1. The Labute approximate surface area is 148 Å². The molecule has 0 spiro atoms. The van der Waals surface area contributed by atoms with E-state index in [1.54, 1.807) is 10.6 Å². The number of thioether (sulfide) groups is 1. The lowest BCUT2D eigenvalue weighted by atomic mass is 10.2. The highest BCUT2D eigenvalue weighted by atomic mass is 32.2. The van der Waals surface area contributed by atoms with Gasteiger partial charge >= 0.3 is 5.97 Å². The van der Waals surface area contributed by atoms with Gasteiger partial charge in [-0.25, -0.2) is 4.98 Å². The summed E-state index contributed by atoms with van der Waals surface area (Å²) in [7, 11) is 0. The largest absolute Gasteiger partial charge is 0.465 e. The molecule has 0 aliphatic carbocycles. The van der Waals surface area contributed by atoms with Gasteiger partial charge in [-0.1, -0.05) is 41.6 Å². The summed E-state index contributed by atoms with van der Waals surface area (Å²) in [5.41, 5.74) is 2.34. The molecule has 0 N–H and O–H groups in total. The van der Waals surface area contributed by atoms with Crippen LogP contribution in [0, 0.1) is 6.92 Å². The summed E-state index contributed by atoms with van der Waals surface area (Å²) in [5.74, 6) is -0.247. The van der Waals surface area contributed by atoms with Gasteiger partial charge in [0.05, 0.1) is 23.2 Å². The van der Waals surface area contributed by atoms with E-state index in [2.05, 4.69) is 4.98 Å². The SMILES string of the molecule is Cc1ccc(-n2c(S[C@H]3CCOC3=O)nc3ccccc3c2=O)cc1. The standard InChI is InChI=1S/C19H16N2O3S/c1-12-6-8-13(9-7-12)21-17(22)14-4-2-3-5-15(14)20-19(21)25-16-10-11-24-18(16)23/h2-9,16H,10-11H2,1H3/t16-/m0/s1. The molecule has 25 heavy (non-hydrogen) atoms. The van der Waals surface area contributed by atoms with Crippen LogP contribution in [0.3, 0.4) is 0 Å². The lowest BCUT2D eigenvalue weighted by Crippen LogP contribution is -2.23. The van der Waals surface area contributed by atoms with Gasteiger partial charge in [0, 0.05) is 6.42 Å². The molecule has 1 aromatic heterocycles. The highest BCUT2D eigenvalue weighted by Gasteiger charge is 2.29. The van der Waals surface area contributed by atoms with Crippen molar-refractivity contribution in [3.8, 4) is 5.69 Å². The van der Waals surface area contributed by atoms with Crippen molar-refractivity contribution in [2.75, 3.05) is 6.61 Å². The smallest absolute Gasteiger partial charge is 0.319 e. The molecule has 4 rings (SSSR count). The van der Waals surface area contributed by atoms with E-state index in [-0.39, 0.29) is 16.8 Å². The van der Waals surface area contributed by atoms with Gasteiger partial charge in [0.15, 0.2) is 5.16 Å². The van der Waals surface area contributed by atoms with Gasteiger partial charge in [0.2, 0.25) is 0 Å². The van der Waals surface area contributed by atoms with Gasteiger partial charge in [0.1, 0.15) is 5.25 Å². The van der Waals surface area contributed by atoms with Crippen LogP contribution in [0.4, 0.5) is 0 Å². The normalized spacial score (nSPS) is 17.0. The molecule has 1 fully saturated rings. The Kier molecular flexibility index (Phi) is 4.05. The van der Waals surface area contributed by atoms with E-state index in [4.69, 9.17) is 4.74 Å². The van der Waals surface area contributed by atoms with Gasteiger partial charge in [-0.2, -0.15) is 0 Å². The van der Waals surface area contributed by atoms with Crippen LogP contribution in [0.2, 0.25) is 0 Å². The summed E-state index contributed by atoms with van der Waals surface area (Å²) in [6, 6.07) is 15.0. The Morgan fingerprint density at radius 1 is 1.12 bits per heavy atom. The van der Waals surface area contributed by atoms with E-state index >= 15 is 0 Å². The maximum atomic E-state index is 13.1. The number of cyclic esters (lactones) is 1. The quantitative estimate of drug-likeness (QED) is 0.535. The molecule has 1 aliphatic heterocycles. The van der Waals surface area contributed by atoms with Crippen LogP contribution in [-0.2, 0) is 9.53 Å². The zero-order valence-electron chi connectivity index (χ0n) is 13.6. The highest BCUT2D eigenvalue weighted by molar-refractivity contribution is 8.00. The summed E-state index contributed by atoms with van der Waals surface area (Å²) < 4.78 is 6.62. The molecular weight excluding hydrogens is 336 g/mol. The lowest BCUT2D eigenvalue weighted by Gasteiger charge is -2.14. The number of esters is 1. The number of aromatic nitrogens is 2. The van der Waals surface area contributed by atoms with Gasteiger partial charge in [-0.3, -0.25) is 14.2 Å². The molecule has 5 nitrogen and oxygen atoms in total. The van der Waals surface area contributed by atoms with Gasteiger partial charge in [-0.15, -0.1) is 0 Å². The molecule has 1 atom stereocenters. The second-order valence-electron chi connectivity index (χ2n) is 5.95. The van der Waals surface area contributed by atoms with Crippen molar-refractivity contribution in [1.29, 1.82) is 0 Å². The Hall–Kier alpha value is -2.60. The molecule has 1 saturated heterocycles. The van der Waals surface area contributed by atoms with Crippen LogP contribution in [0.25, 0.3) is 16.6 Å². The summed E-state index contributed by atoms with van der Waals surface area (Å²) in [6.07, 6.45) is 0.625. The predicted molar refractivity (Wildman–Crippen MR) is 97.3 cm³/mol. The van der Waals surface area contributed by atoms with Gasteiger partial charge < -0.3 is 4.74 Å².